The molecule has 0 saturated heterocycles. The molecule has 0 atom stereocenters. The van der Waals surface area contributed by atoms with Crippen LogP contribution in [0.3, 0.4) is 0 Å². The lowest BCUT2D eigenvalue weighted by Crippen LogP contribution is -1.77. The zero-order valence-corrected chi connectivity index (χ0v) is 20.7. The number of hydrogen-bond donors (Lipinski definition) is 0. The van der Waals surface area contributed by atoms with Gasteiger partial charge in [0.05, 0.1) is 34.1 Å². The zero-order valence-electron chi connectivity index (χ0n) is 20.7. The molecule has 0 saturated carbocycles. The lowest BCUT2D eigenvalue weighted by Gasteiger charge is -2.03. The Labute approximate surface area is 206 Å². The van der Waals surface area contributed by atoms with Gasteiger partial charge in [-0.3, -0.25) is 0 Å². The Hall–Kier alpha value is -4.32. The first-order valence-corrected chi connectivity index (χ1v) is 11.5. The Bertz CT molecular complexity index is 1430. The number of nitrogens with zero attached hydrogens (tertiary/aromatic N) is 6. The Morgan fingerprint density at radius 3 is 1.17 bits per heavy atom. The molecule has 0 N–H and O–H groups in total. The quantitative estimate of drug-likeness (QED) is 0.257. The number of benzene rings is 4. The summed E-state index contributed by atoms with van der Waals surface area (Å²) in [6.45, 7) is 10.1. The third-order valence-electron chi connectivity index (χ3n) is 5.57. The van der Waals surface area contributed by atoms with Crippen molar-refractivity contribution in [3.05, 3.63) is 107 Å². The molecule has 0 bridgehead atoms. The highest BCUT2D eigenvalue weighted by Crippen LogP contribution is 2.30. The maximum atomic E-state index is 4.43. The highest BCUT2D eigenvalue weighted by molar-refractivity contribution is 5.56. The van der Waals surface area contributed by atoms with Crippen LogP contribution in [0.5, 0.6) is 0 Å². The highest BCUT2D eigenvalue weighted by Gasteiger charge is 2.02. The SMILES string of the molecule is Cc1ccc(N=Nc2ccc(N=Nc3ccc(N=Nc4ccc(C)cc4C)cc3C)cc2C)cc1. The van der Waals surface area contributed by atoms with Crippen molar-refractivity contribution in [1.82, 2.24) is 0 Å². The summed E-state index contributed by atoms with van der Waals surface area (Å²) in [5.41, 5.74) is 10.3. The first-order chi connectivity index (χ1) is 16.9. The predicted octanol–water partition coefficient (Wildman–Crippen LogP) is 10.5. The average molecular weight is 461 g/mol. The fourth-order valence-electron chi connectivity index (χ4n) is 3.49. The van der Waals surface area contributed by atoms with E-state index in [1.807, 2.05) is 100 Å². The highest BCUT2D eigenvalue weighted by atomic mass is 15.1. The van der Waals surface area contributed by atoms with Crippen molar-refractivity contribution in [3.63, 3.8) is 0 Å². The zero-order chi connectivity index (χ0) is 24.8. The van der Waals surface area contributed by atoms with Gasteiger partial charge in [0.1, 0.15) is 0 Å². The normalized spacial score (nSPS) is 11.8. The van der Waals surface area contributed by atoms with Crippen LogP contribution in [0.2, 0.25) is 0 Å². The maximum Gasteiger partial charge on any atom is 0.0887 e. The largest absolute Gasteiger partial charge is 0.151 e. The van der Waals surface area contributed by atoms with E-state index in [1.54, 1.807) is 0 Å². The van der Waals surface area contributed by atoms with Crippen molar-refractivity contribution in [2.75, 3.05) is 0 Å². The lowest BCUT2D eigenvalue weighted by molar-refractivity contribution is 1.17. The Kier molecular flexibility index (Phi) is 7.31. The molecule has 0 radical (unpaired) electrons. The molecule has 0 amide bonds. The summed E-state index contributed by atoms with van der Waals surface area (Å²) < 4.78 is 0. The van der Waals surface area contributed by atoms with Crippen LogP contribution in [-0.4, -0.2) is 0 Å². The van der Waals surface area contributed by atoms with Gasteiger partial charge in [0.15, 0.2) is 0 Å². The van der Waals surface area contributed by atoms with E-state index < -0.39 is 0 Å². The number of rotatable bonds is 6. The number of aryl methyl sites for hydroxylation is 5. The molecule has 4 aromatic carbocycles. The summed E-state index contributed by atoms with van der Waals surface area (Å²) in [4.78, 5) is 0. The van der Waals surface area contributed by atoms with Gasteiger partial charge in [0, 0.05) is 0 Å². The van der Waals surface area contributed by atoms with Gasteiger partial charge >= 0.3 is 0 Å². The minimum atomic E-state index is 0.759. The fraction of sp³-hybridized carbons (Fsp3) is 0.172. The van der Waals surface area contributed by atoms with Gasteiger partial charge < -0.3 is 0 Å². The third kappa shape index (κ3) is 6.38. The summed E-state index contributed by atoms with van der Waals surface area (Å²) in [6, 6.07) is 25.6. The van der Waals surface area contributed by atoms with Crippen LogP contribution in [0.15, 0.2) is 110 Å². The molecule has 0 fully saturated rings. The Morgan fingerprint density at radius 2 is 0.714 bits per heavy atom. The standard InChI is InChI=1S/C29H28N6/c1-19-6-9-24(10-7-19)30-33-28-14-11-26(17-22(28)4)32-35-29-15-12-25(18-23(29)5)31-34-27-13-8-20(2)16-21(27)3/h6-18H,1-5H3. The van der Waals surface area contributed by atoms with Crippen LogP contribution in [-0.2, 0) is 0 Å². The maximum absolute atomic E-state index is 4.43. The van der Waals surface area contributed by atoms with Crippen molar-refractivity contribution in [1.29, 1.82) is 0 Å². The summed E-state index contributed by atoms with van der Waals surface area (Å²) in [5.74, 6) is 0. The molecular formula is C29H28N6. The molecule has 174 valence electrons. The second kappa shape index (κ2) is 10.7. The van der Waals surface area contributed by atoms with E-state index in [0.717, 1.165) is 50.8 Å². The summed E-state index contributed by atoms with van der Waals surface area (Å²) in [6.07, 6.45) is 0. The van der Waals surface area contributed by atoms with E-state index in [-0.39, 0.29) is 0 Å². The molecule has 6 heteroatoms. The van der Waals surface area contributed by atoms with Gasteiger partial charge in [-0.15, -0.1) is 0 Å². The van der Waals surface area contributed by atoms with Crippen molar-refractivity contribution in [2.24, 2.45) is 30.7 Å². The van der Waals surface area contributed by atoms with E-state index in [1.165, 1.54) is 11.1 Å². The van der Waals surface area contributed by atoms with Crippen molar-refractivity contribution >= 4 is 34.1 Å². The first-order valence-electron chi connectivity index (χ1n) is 11.5. The fourth-order valence-corrected chi connectivity index (χ4v) is 3.49. The van der Waals surface area contributed by atoms with Crippen LogP contribution >= 0.6 is 0 Å². The second-order valence-electron chi connectivity index (χ2n) is 8.67. The number of hydrogen-bond acceptors (Lipinski definition) is 6. The Morgan fingerprint density at radius 1 is 0.343 bits per heavy atom. The monoisotopic (exact) mass is 460 g/mol. The van der Waals surface area contributed by atoms with Crippen LogP contribution in [0, 0.1) is 34.6 Å². The van der Waals surface area contributed by atoms with Crippen LogP contribution in [0.1, 0.15) is 27.8 Å². The van der Waals surface area contributed by atoms with Gasteiger partial charge in [-0.25, -0.2) is 0 Å². The first kappa shape index (κ1) is 23.8. The molecule has 0 aliphatic carbocycles. The molecule has 0 aliphatic heterocycles. The van der Waals surface area contributed by atoms with Crippen LogP contribution in [0.4, 0.5) is 34.1 Å². The topological polar surface area (TPSA) is 74.2 Å². The van der Waals surface area contributed by atoms with E-state index >= 15 is 0 Å². The molecule has 6 nitrogen and oxygen atoms in total. The van der Waals surface area contributed by atoms with Crippen molar-refractivity contribution in [2.45, 2.75) is 34.6 Å². The van der Waals surface area contributed by atoms with E-state index in [4.69, 9.17) is 0 Å². The molecule has 0 unspecified atom stereocenters. The molecule has 0 aliphatic rings. The van der Waals surface area contributed by atoms with E-state index in [0.29, 0.717) is 0 Å². The van der Waals surface area contributed by atoms with Gasteiger partial charge in [0.2, 0.25) is 0 Å². The number of azo groups is 3. The summed E-state index contributed by atoms with van der Waals surface area (Å²) in [5, 5.41) is 26.3. The van der Waals surface area contributed by atoms with Crippen molar-refractivity contribution < 1.29 is 0 Å². The van der Waals surface area contributed by atoms with E-state index in [9.17, 15) is 0 Å². The molecule has 0 aromatic heterocycles. The van der Waals surface area contributed by atoms with Gasteiger partial charge in [0.25, 0.3) is 0 Å². The Balaban J connectivity index is 1.45. The van der Waals surface area contributed by atoms with Gasteiger partial charge in [-0.1, -0.05) is 35.4 Å². The minimum Gasteiger partial charge on any atom is -0.151 e. The second-order valence-corrected chi connectivity index (χ2v) is 8.67. The van der Waals surface area contributed by atoms with Crippen LogP contribution in [0.25, 0.3) is 0 Å². The third-order valence-corrected chi connectivity index (χ3v) is 5.57. The van der Waals surface area contributed by atoms with Crippen LogP contribution < -0.4 is 0 Å². The molecular weight excluding hydrogens is 432 g/mol. The predicted molar refractivity (Wildman–Crippen MR) is 142 cm³/mol. The summed E-state index contributed by atoms with van der Waals surface area (Å²) >= 11 is 0. The minimum absolute atomic E-state index is 0.759. The molecule has 0 heterocycles. The smallest absolute Gasteiger partial charge is 0.0887 e. The average Bonchev–Trinajstić information content (AvgIpc) is 2.83. The molecule has 0 spiro atoms. The van der Waals surface area contributed by atoms with E-state index in [2.05, 4.69) is 43.7 Å². The van der Waals surface area contributed by atoms with Crippen molar-refractivity contribution in [3.8, 4) is 0 Å². The molecule has 4 rings (SSSR count). The lowest BCUT2D eigenvalue weighted by atomic mass is 10.1. The van der Waals surface area contributed by atoms with Gasteiger partial charge in [-0.2, -0.15) is 30.7 Å². The molecule has 4 aromatic rings. The summed E-state index contributed by atoms with van der Waals surface area (Å²) in [7, 11) is 0. The van der Waals surface area contributed by atoms with Gasteiger partial charge in [-0.05, 0) is 106 Å². The molecule has 35 heavy (non-hydrogen) atoms.